The fourth-order valence-corrected chi connectivity index (χ4v) is 0.884. The van der Waals surface area contributed by atoms with E-state index in [-0.39, 0.29) is 5.69 Å². The van der Waals surface area contributed by atoms with Crippen molar-refractivity contribution < 1.29 is 26.1 Å². The van der Waals surface area contributed by atoms with E-state index in [0.717, 1.165) is 0 Å². The fourth-order valence-electron chi connectivity index (χ4n) is 0.562. The average Bonchev–Trinajstić information content (AvgIpc) is 2.19. The van der Waals surface area contributed by atoms with Gasteiger partial charge in [-0.3, -0.25) is 0 Å². The summed E-state index contributed by atoms with van der Waals surface area (Å²) in [6, 6.07) is 4.67. The molecule has 0 unspecified atom stereocenters. The first-order valence-electron chi connectivity index (χ1n) is 3.81. The van der Waals surface area contributed by atoms with Crippen LogP contribution in [0.3, 0.4) is 0 Å². The summed E-state index contributed by atoms with van der Waals surface area (Å²) in [5.74, 6) is 0. The predicted molar refractivity (Wildman–Crippen MR) is 57.0 cm³/mol. The van der Waals surface area contributed by atoms with Crippen molar-refractivity contribution in [2.75, 3.05) is 0 Å². The van der Waals surface area contributed by atoms with E-state index in [1.807, 2.05) is 0 Å². The van der Waals surface area contributed by atoms with Gasteiger partial charge in [-0.2, -0.15) is 13.2 Å². The summed E-state index contributed by atoms with van der Waals surface area (Å²) in [5, 5.41) is 9.20. The van der Waals surface area contributed by atoms with Crippen molar-refractivity contribution >= 4 is 39.0 Å². The van der Waals surface area contributed by atoms with Crippen molar-refractivity contribution in [2.24, 2.45) is 0 Å². The predicted octanol–water partition coefficient (Wildman–Crippen LogP) is 3.53. The van der Waals surface area contributed by atoms with Crippen molar-refractivity contribution in [3.63, 3.8) is 0 Å². The number of hydrogen-bond donors (Lipinski definition) is 0. The summed E-state index contributed by atoms with van der Waals surface area (Å²) in [6.45, 7) is 0. The molecule has 0 saturated heterocycles. The molecule has 11 heteroatoms. The zero-order valence-electron chi connectivity index (χ0n) is 8.15. The molecule has 0 N–H and O–H groups in total. The van der Waals surface area contributed by atoms with Gasteiger partial charge in [0.2, 0.25) is 5.39 Å². The van der Waals surface area contributed by atoms with Crippen LogP contribution in [0.5, 0.6) is 0 Å². The van der Waals surface area contributed by atoms with Crippen molar-refractivity contribution in [3.8, 4) is 0 Å². The van der Waals surface area contributed by atoms with Gasteiger partial charge in [0.1, 0.15) is 5.02 Å². The third-order valence-electron chi connectivity index (χ3n) is 1.30. The van der Waals surface area contributed by atoms with Crippen molar-refractivity contribution in [1.29, 1.82) is 5.39 Å². The monoisotopic (exact) mass is 322 g/mol. The summed E-state index contributed by atoms with van der Waals surface area (Å²) < 4.78 is 58.9. The maximum Gasteiger partial charge on any atom is 0.485 e. The molecule has 1 rings (SSSR count). The first-order valence-corrected chi connectivity index (χ1v) is 5.97. The van der Waals surface area contributed by atoms with Crippen LogP contribution in [-0.2, 0) is 10.1 Å². The van der Waals surface area contributed by atoms with Crippen molar-refractivity contribution in [2.45, 2.75) is 5.51 Å². The van der Waals surface area contributed by atoms with Gasteiger partial charge in [0.15, 0.2) is 15.1 Å². The topological polar surface area (TPSA) is 85.3 Å². The lowest BCUT2D eigenvalue weighted by molar-refractivity contribution is -0.0517. The SMILES string of the molecule is N#[N+]c1cc(Cl)ccc1Cl.O=S(=O)([O-])C(F)(F)F. The largest absolute Gasteiger partial charge is 0.741 e. The van der Waals surface area contributed by atoms with Gasteiger partial charge in [0, 0.05) is 5.02 Å². The molecule has 0 bridgehead atoms. The summed E-state index contributed by atoms with van der Waals surface area (Å²) in [6.07, 6.45) is 0. The van der Waals surface area contributed by atoms with Crippen LogP contribution >= 0.6 is 23.2 Å². The molecule has 1 aromatic carbocycles. The molecule has 0 fully saturated rings. The molecule has 0 radical (unpaired) electrons. The van der Waals surface area contributed by atoms with Crippen LogP contribution in [0.15, 0.2) is 18.2 Å². The Hall–Kier alpha value is -1.08. The van der Waals surface area contributed by atoms with Crippen LogP contribution in [0.2, 0.25) is 10.0 Å². The van der Waals surface area contributed by atoms with Gasteiger partial charge in [-0.15, -0.1) is 0 Å². The molecule has 0 aliphatic rings. The second kappa shape index (κ2) is 6.19. The van der Waals surface area contributed by atoms with E-state index >= 15 is 0 Å². The first-order chi connectivity index (χ1) is 7.99. The third kappa shape index (κ3) is 5.50. The van der Waals surface area contributed by atoms with Gasteiger partial charge in [-0.25, -0.2) is 8.42 Å². The minimum atomic E-state index is -6.09. The number of benzene rings is 1. The Morgan fingerprint density at radius 2 is 1.72 bits per heavy atom. The van der Waals surface area contributed by atoms with E-state index < -0.39 is 15.6 Å². The molecule has 100 valence electrons. The quantitative estimate of drug-likeness (QED) is 0.415. The number of alkyl halides is 3. The molecule has 1 aromatic rings. The van der Waals surface area contributed by atoms with Gasteiger partial charge >= 0.3 is 11.2 Å². The van der Waals surface area contributed by atoms with Crippen LogP contribution in [0, 0.1) is 5.39 Å². The maximum atomic E-state index is 10.7. The lowest BCUT2D eigenvalue weighted by Gasteiger charge is -2.08. The van der Waals surface area contributed by atoms with Crippen LogP contribution < -0.4 is 0 Å². The Kier molecular flexibility index (Phi) is 5.82. The zero-order chi connectivity index (χ0) is 14.6. The molecule has 0 aliphatic heterocycles. The zero-order valence-corrected chi connectivity index (χ0v) is 10.5. The normalized spacial score (nSPS) is 11.2. The van der Waals surface area contributed by atoms with Gasteiger partial charge in [-0.1, -0.05) is 23.2 Å². The molecule has 0 aliphatic carbocycles. The Balaban J connectivity index is 0.000000331. The molecule has 18 heavy (non-hydrogen) atoms. The van der Waals surface area contributed by atoms with Crippen molar-refractivity contribution in [3.05, 3.63) is 33.2 Å². The summed E-state index contributed by atoms with van der Waals surface area (Å²) in [7, 11) is -6.09. The van der Waals surface area contributed by atoms with E-state index in [1.165, 1.54) is 6.07 Å². The fraction of sp³-hybridized carbons (Fsp3) is 0.143. The van der Waals surface area contributed by atoms with E-state index in [9.17, 15) is 13.2 Å². The highest BCUT2D eigenvalue weighted by molar-refractivity contribution is 7.86. The summed E-state index contributed by atoms with van der Waals surface area (Å²) >= 11 is 11.1. The number of halogens is 5. The molecule has 0 heterocycles. The second-order valence-electron chi connectivity index (χ2n) is 2.60. The smallest absolute Gasteiger partial charge is 0.485 e. The van der Waals surface area contributed by atoms with Crippen LogP contribution in [-0.4, -0.2) is 18.5 Å². The van der Waals surface area contributed by atoms with E-state index in [2.05, 4.69) is 4.98 Å². The first kappa shape index (κ1) is 16.9. The minimum absolute atomic E-state index is 0.286. The van der Waals surface area contributed by atoms with Gasteiger partial charge in [0.25, 0.3) is 0 Å². The average molecular weight is 323 g/mol. The van der Waals surface area contributed by atoms with Crippen LogP contribution in [0.4, 0.5) is 18.9 Å². The Morgan fingerprint density at radius 1 is 1.28 bits per heavy atom. The van der Waals surface area contributed by atoms with E-state index in [1.54, 1.807) is 12.1 Å². The number of diazo groups is 1. The highest BCUT2D eigenvalue weighted by atomic mass is 35.5. The van der Waals surface area contributed by atoms with Gasteiger partial charge in [-0.05, 0) is 12.1 Å². The Morgan fingerprint density at radius 3 is 2.00 bits per heavy atom. The number of nitrogens with zero attached hydrogens (tertiary/aromatic N) is 2. The van der Waals surface area contributed by atoms with Crippen molar-refractivity contribution in [1.82, 2.24) is 0 Å². The molecule has 0 amide bonds. The second-order valence-corrected chi connectivity index (χ2v) is 4.81. The third-order valence-corrected chi connectivity index (χ3v) is 2.42. The lowest BCUT2D eigenvalue weighted by atomic mass is 10.3. The van der Waals surface area contributed by atoms with Gasteiger partial charge < -0.3 is 4.55 Å². The highest BCUT2D eigenvalue weighted by Gasteiger charge is 2.36. The van der Waals surface area contributed by atoms with Crippen LogP contribution in [0.1, 0.15) is 0 Å². The summed E-state index contributed by atoms with van der Waals surface area (Å²) in [5.41, 5.74) is -5.36. The molecule has 0 aromatic heterocycles. The standard InChI is InChI=1S/C6H3Cl2N2.CHF3O3S/c7-4-1-2-5(8)6(3-4)10-9;2-1(3,4)8(5,6)7/h1-3H;(H,5,6,7)/q+1;/p-1. The van der Waals surface area contributed by atoms with Gasteiger partial charge in [0.05, 0.1) is 6.07 Å². The molecular weight excluding hydrogens is 320 g/mol. The Bertz CT molecular complexity index is 568. The Labute approximate surface area is 109 Å². The minimum Gasteiger partial charge on any atom is -0.741 e. The molecule has 0 spiro atoms. The van der Waals surface area contributed by atoms with Crippen LogP contribution in [0.25, 0.3) is 4.98 Å². The maximum absolute atomic E-state index is 10.7. The molecule has 0 saturated carbocycles. The highest BCUT2D eigenvalue weighted by Crippen LogP contribution is 2.27. The lowest BCUT2D eigenvalue weighted by Crippen LogP contribution is -2.21. The molecule has 5 nitrogen and oxygen atoms in total. The van der Waals surface area contributed by atoms with E-state index in [4.69, 9.17) is 41.6 Å². The number of rotatable bonds is 0. The molecule has 0 atom stereocenters. The number of hydrogen-bond acceptors (Lipinski definition) is 4. The summed E-state index contributed by atoms with van der Waals surface area (Å²) in [4.78, 5) is 2.91. The van der Waals surface area contributed by atoms with E-state index in [0.29, 0.717) is 10.0 Å². The molecular formula is C7H3Cl2F3N2O3S.